The van der Waals surface area contributed by atoms with Crippen molar-refractivity contribution in [2.75, 3.05) is 18.6 Å². The van der Waals surface area contributed by atoms with Gasteiger partial charge >= 0.3 is 0 Å². The number of nitrogens with zero attached hydrogens (tertiary/aromatic N) is 4. The molecular weight excluding hydrogens is 464 g/mol. The number of para-hydroxylation sites is 1. The number of anilines is 1. The Hall–Kier alpha value is -4.83. The molecule has 0 radical (unpaired) electrons. The monoisotopic (exact) mass is 492 g/mol. The van der Waals surface area contributed by atoms with E-state index in [0.29, 0.717) is 0 Å². The Kier molecular flexibility index (Phi) is 5.44. The average Bonchev–Trinajstić information content (AvgIpc) is 3.55. The van der Waals surface area contributed by atoms with Gasteiger partial charge in [-0.25, -0.2) is 0 Å². The van der Waals surface area contributed by atoms with Gasteiger partial charge in [0.25, 0.3) is 0 Å². The molecule has 1 aliphatic rings. The summed E-state index contributed by atoms with van der Waals surface area (Å²) in [5, 5.41) is 2.51. The Morgan fingerprint density at radius 2 is 1.42 bits per heavy atom. The maximum Gasteiger partial charge on any atom is 0.0938 e. The van der Waals surface area contributed by atoms with Crippen molar-refractivity contribution in [3.8, 4) is 5.69 Å². The minimum Gasteiger partial charge on any atom is -0.361 e. The van der Waals surface area contributed by atoms with E-state index in [1.54, 1.807) is 0 Å². The summed E-state index contributed by atoms with van der Waals surface area (Å²) >= 11 is 0. The molecule has 1 aliphatic heterocycles. The second-order valence-electron chi connectivity index (χ2n) is 9.91. The number of rotatable bonds is 5. The highest BCUT2D eigenvalue weighted by Crippen LogP contribution is 2.37. The highest BCUT2D eigenvalue weighted by molar-refractivity contribution is 6.09. The van der Waals surface area contributed by atoms with Crippen molar-refractivity contribution in [3.63, 3.8) is 0 Å². The van der Waals surface area contributed by atoms with Crippen molar-refractivity contribution < 1.29 is 0 Å². The maximum atomic E-state index is 4.77. The van der Waals surface area contributed by atoms with Crippen molar-refractivity contribution in [2.24, 2.45) is 0 Å². The summed E-state index contributed by atoms with van der Waals surface area (Å²) in [6.45, 7) is 0.851. The van der Waals surface area contributed by atoms with Crippen molar-refractivity contribution in [2.45, 2.75) is 5.92 Å². The van der Waals surface area contributed by atoms with Crippen LogP contribution in [0.2, 0.25) is 0 Å². The summed E-state index contributed by atoms with van der Waals surface area (Å²) in [6, 6.07) is 41.3. The van der Waals surface area contributed by atoms with Gasteiger partial charge in [-0.15, -0.1) is 0 Å². The van der Waals surface area contributed by atoms with Crippen LogP contribution in [-0.4, -0.2) is 28.2 Å². The maximum absolute atomic E-state index is 4.77. The largest absolute Gasteiger partial charge is 0.361 e. The molecule has 2 aromatic heterocycles. The molecular formula is C34H28N4. The van der Waals surface area contributed by atoms with E-state index >= 15 is 0 Å². The Morgan fingerprint density at radius 1 is 0.632 bits per heavy atom. The van der Waals surface area contributed by atoms with Crippen LogP contribution in [0.1, 0.15) is 22.7 Å². The molecule has 0 amide bonds. The second-order valence-corrected chi connectivity index (χ2v) is 9.91. The van der Waals surface area contributed by atoms with Crippen molar-refractivity contribution in [3.05, 3.63) is 151 Å². The Balaban J connectivity index is 1.45. The Bertz CT molecular complexity index is 1730. The lowest BCUT2D eigenvalue weighted by molar-refractivity contribution is 0.496. The SMILES string of the molecule is CN1C=CN(c2cccc(-n3c4ccccc4c4ccc(C(c5ccccc5)c5ccccn5)cc43)c2)C1. The van der Waals surface area contributed by atoms with Gasteiger partial charge in [0.15, 0.2) is 0 Å². The highest BCUT2D eigenvalue weighted by Gasteiger charge is 2.21. The van der Waals surface area contributed by atoms with Crippen LogP contribution in [0.3, 0.4) is 0 Å². The molecule has 0 spiro atoms. The van der Waals surface area contributed by atoms with Gasteiger partial charge in [-0.05, 0) is 53.6 Å². The first-order chi connectivity index (χ1) is 18.8. The number of hydrogen-bond donors (Lipinski definition) is 0. The number of benzene rings is 4. The van der Waals surface area contributed by atoms with Crippen molar-refractivity contribution >= 4 is 27.5 Å². The predicted octanol–water partition coefficient (Wildman–Crippen LogP) is 7.54. The lowest BCUT2D eigenvalue weighted by atomic mass is 9.87. The fourth-order valence-electron chi connectivity index (χ4n) is 5.68. The first-order valence-electron chi connectivity index (χ1n) is 13.0. The van der Waals surface area contributed by atoms with E-state index in [1.165, 1.54) is 38.6 Å². The fraction of sp³-hybridized carbons (Fsp3) is 0.0882. The molecule has 184 valence electrons. The number of fused-ring (bicyclic) bond motifs is 3. The van der Waals surface area contributed by atoms with Gasteiger partial charge in [0.1, 0.15) is 0 Å². The van der Waals surface area contributed by atoms with E-state index in [1.807, 2.05) is 12.3 Å². The zero-order valence-electron chi connectivity index (χ0n) is 21.3. The van der Waals surface area contributed by atoms with Gasteiger partial charge < -0.3 is 14.4 Å². The molecule has 0 bridgehead atoms. The molecule has 4 aromatic carbocycles. The summed E-state index contributed by atoms with van der Waals surface area (Å²) in [6.07, 6.45) is 6.14. The minimum atomic E-state index is 0.0462. The van der Waals surface area contributed by atoms with Crippen LogP contribution in [0, 0.1) is 0 Å². The normalized spacial score (nSPS) is 14.0. The summed E-state index contributed by atoms with van der Waals surface area (Å²) in [4.78, 5) is 9.23. The lowest BCUT2D eigenvalue weighted by Crippen LogP contribution is -2.21. The first kappa shape index (κ1) is 22.4. The minimum absolute atomic E-state index is 0.0462. The molecule has 1 atom stereocenters. The van der Waals surface area contributed by atoms with Gasteiger partial charge in [-0.3, -0.25) is 4.98 Å². The topological polar surface area (TPSA) is 24.3 Å². The molecule has 0 N–H and O–H groups in total. The zero-order chi connectivity index (χ0) is 25.5. The van der Waals surface area contributed by atoms with Crippen LogP contribution >= 0.6 is 0 Å². The quantitative estimate of drug-likeness (QED) is 0.248. The second kappa shape index (κ2) is 9.24. The average molecular weight is 493 g/mol. The molecule has 7 rings (SSSR count). The summed E-state index contributed by atoms with van der Waals surface area (Å²) in [7, 11) is 2.10. The molecule has 0 saturated carbocycles. The number of aromatic nitrogens is 2. The molecule has 38 heavy (non-hydrogen) atoms. The van der Waals surface area contributed by atoms with Gasteiger partial charge in [0.05, 0.1) is 29.3 Å². The predicted molar refractivity (Wildman–Crippen MR) is 157 cm³/mol. The summed E-state index contributed by atoms with van der Waals surface area (Å²) < 4.78 is 2.40. The molecule has 0 fully saturated rings. The van der Waals surface area contributed by atoms with E-state index in [4.69, 9.17) is 4.98 Å². The van der Waals surface area contributed by atoms with Gasteiger partial charge in [-0.1, -0.05) is 72.8 Å². The van der Waals surface area contributed by atoms with E-state index in [9.17, 15) is 0 Å². The van der Waals surface area contributed by atoms with Crippen molar-refractivity contribution in [1.82, 2.24) is 14.5 Å². The van der Waals surface area contributed by atoms with E-state index in [0.717, 1.165) is 18.1 Å². The third kappa shape index (κ3) is 3.82. The van der Waals surface area contributed by atoms with E-state index in [-0.39, 0.29) is 5.92 Å². The molecule has 0 saturated heterocycles. The highest BCUT2D eigenvalue weighted by atomic mass is 15.3. The molecule has 4 nitrogen and oxygen atoms in total. The van der Waals surface area contributed by atoms with Crippen LogP contribution in [-0.2, 0) is 0 Å². The molecule has 0 aliphatic carbocycles. The third-order valence-corrected chi connectivity index (χ3v) is 7.44. The van der Waals surface area contributed by atoms with Crippen LogP contribution in [0.4, 0.5) is 5.69 Å². The number of hydrogen-bond acceptors (Lipinski definition) is 3. The van der Waals surface area contributed by atoms with Crippen LogP contribution in [0.5, 0.6) is 0 Å². The molecule has 4 heteroatoms. The van der Waals surface area contributed by atoms with Crippen LogP contribution in [0.25, 0.3) is 27.5 Å². The fourth-order valence-corrected chi connectivity index (χ4v) is 5.68. The standard InChI is InChI=1S/C34H28N4/c1-36-20-21-37(24-36)27-12-9-13-28(23-27)38-32-16-6-5-14-29(32)30-18-17-26(22-33(30)38)34(25-10-3-2-4-11-25)31-15-7-8-19-35-31/h2-23,34H,24H2,1H3. The van der Waals surface area contributed by atoms with Crippen molar-refractivity contribution in [1.29, 1.82) is 0 Å². The molecule has 1 unspecified atom stereocenters. The summed E-state index contributed by atoms with van der Waals surface area (Å²) in [5.74, 6) is 0.0462. The Labute approximate surface area is 222 Å². The number of pyridine rings is 1. The smallest absolute Gasteiger partial charge is 0.0938 e. The lowest BCUT2D eigenvalue weighted by Gasteiger charge is -2.20. The van der Waals surface area contributed by atoms with Crippen LogP contribution in [0.15, 0.2) is 134 Å². The Morgan fingerprint density at radius 3 is 2.24 bits per heavy atom. The van der Waals surface area contributed by atoms with Gasteiger partial charge in [-0.2, -0.15) is 0 Å². The zero-order valence-corrected chi connectivity index (χ0v) is 21.3. The van der Waals surface area contributed by atoms with Gasteiger partial charge in [0.2, 0.25) is 0 Å². The van der Waals surface area contributed by atoms with E-state index in [2.05, 4.69) is 143 Å². The third-order valence-electron chi connectivity index (χ3n) is 7.44. The summed E-state index contributed by atoms with van der Waals surface area (Å²) in [5.41, 5.74) is 8.26. The first-order valence-corrected chi connectivity index (χ1v) is 13.0. The van der Waals surface area contributed by atoms with E-state index < -0.39 is 0 Å². The van der Waals surface area contributed by atoms with Gasteiger partial charge in [0, 0.05) is 47.8 Å². The molecule has 3 heterocycles. The molecule has 6 aromatic rings. The van der Waals surface area contributed by atoms with Crippen LogP contribution < -0.4 is 4.90 Å².